The number of carbonyl (C=O) groups excluding carboxylic acids is 2. The summed E-state index contributed by atoms with van der Waals surface area (Å²) in [6.45, 7) is 2.04. The first-order chi connectivity index (χ1) is 19.1. The van der Waals surface area contributed by atoms with Crippen molar-refractivity contribution in [3.8, 4) is 0 Å². The summed E-state index contributed by atoms with van der Waals surface area (Å²) < 4.78 is 12.0. The predicted molar refractivity (Wildman–Crippen MR) is 147 cm³/mol. The van der Waals surface area contributed by atoms with E-state index in [1.807, 2.05) is 19.1 Å². The van der Waals surface area contributed by atoms with Crippen molar-refractivity contribution >= 4 is 34.7 Å². The van der Waals surface area contributed by atoms with Gasteiger partial charge in [0.15, 0.2) is 11.3 Å². The van der Waals surface area contributed by atoms with Crippen LogP contribution in [0.15, 0.2) is 64.1 Å². The van der Waals surface area contributed by atoms with Crippen molar-refractivity contribution in [1.82, 2.24) is 29.5 Å². The average Bonchev–Trinajstić information content (AvgIpc) is 3.54. The minimum atomic E-state index is -1.26. The maximum atomic E-state index is 12.4. The van der Waals surface area contributed by atoms with Gasteiger partial charge in [0.05, 0.1) is 18.2 Å². The van der Waals surface area contributed by atoms with E-state index in [-0.39, 0.29) is 43.1 Å². The fourth-order valence-electron chi connectivity index (χ4n) is 3.68. The summed E-state index contributed by atoms with van der Waals surface area (Å²) >= 11 is 0. The van der Waals surface area contributed by atoms with Gasteiger partial charge in [0.25, 0.3) is 11.7 Å². The maximum Gasteiger partial charge on any atom is 0.419 e. The van der Waals surface area contributed by atoms with Crippen molar-refractivity contribution in [2.75, 3.05) is 7.11 Å². The molecule has 0 radical (unpaired) electrons. The summed E-state index contributed by atoms with van der Waals surface area (Å²) in [5.74, 6) is -2.61. The number of methoxy groups -OCH3 is 1. The Bertz CT molecular complexity index is 1770. The van der Waals surface area contributed by atoms with E-state index in [2.05, 4.69) is 25.1 Å². The number of nitrogens with one attached hydrogen (secondary N) is 1. The van der Waals surface area contributed by atoms with Crippen molar-refractivity contribution in [2.45, 2.75) is 26.9 Å². The molecule has 0 spiro atoms. The number of amides is 1. The molecule has 14 heteroatoms. The molecule has 0 bridgehead atoms. The van der Waals surface area contributed by atoms with Crippen LogP contribution in [0.25, 0.3) is 16.9 Å². The van der Waals surface area contributed by atoms with Gasteiger partial charge < -0.3 is 25.3 Å². The SMILES string of the molecule is C.COC(=O)c1ccc([C@H](C)N)cc1.Cn1c(=O)oc2ccc(CNC(=O)c3cc(C(=O)O)n4ncnc4n3)cc21. The number of aromatic carboxylic acids is 1. The molecule has 0 saturated heterocycles. The topological polar surface area (TPSA) is 197 Å². The first-order valence-corrected chi connectivity index (χ1v) is 11.8. The third-order valence-corrected chi connectivity index (χ3v) is 5.87. The smallest absolute Gasteiger partial charge is 0.419 e. The molecule has 0 aliphatic rings. The maximum absolute atomic E-state index is 12.4. The van der Waals surface area contributed by atoms with Crippen LogP contribution in [0.2, 0.25) is 0 Å². The molecular weight excluding hydrogens is 534 g/mol. The van der Waals surface area contributed by atoms with Crippen molar-refractivity contribution in [3.05, 3.63) is 93.5 Å². The van der Waals surface area contributed by atoms with Crippen molar-refractivity contribution < 1.29 is 28.6 Å². The molecule has 1 atom stereocenters. The number of fused-ring (bicyclic) bond motifs is 2. The second-order valence-corrected chi connectivity index (χ2v) is 8.62. The van der Waals surface area contributed by atoms with Gasteiger partial charge in [0, 0.05) is 25.7 Å². The normalized spacial score (nSPS) is 11.2. The highest BCUT2D eigenvalue weighted by atomic mass is 16.5. The highest BCUT2D eigenvalue weighted by Gasteiger charge is 2.17. The van der Waals surface area contributed by atoms with E-state index in [4.69, 9.17) is 10.2 Å². The van der Waals surface area contributed by atoms with Crippen molar-refractivity contribution in [2.24, 2.45) is 12.8 Å². The molecule has 0 unspecified atom stereocenters. The molecule has 3 heterocycles. The quantitative estimate of drug-likeness (QED) is 0.256. The van der Waals surface area contributed by atoms with Gasteiger partial charge in [0.1, 0.15) is 12.0 Å². The number of rotatable bonds is 6. The molecule has 3 aromatic heterocycles. The van der Waals surface area contributed by atoms with Gasteiger partial charge in [-0.15, -0.1) is 0 Å². The van der Waals surface area contributed by atoms with Crippen LogP contribution in [0.3, 0.4) is 0 Å². The highest BCUT2D eigenvalue weighted by molar-refractivity contribution is 5.95. The number of carboxylic acids is 1. The summed E-state index contributed by atoms with van der Waals surface area (Å²) in [6, 6.07) is 13.3. The van der Waals surface area contributed by atoms with Crippen LogP contribution in [0.5, 0.6) is 0 Å². The molecule has 214 valence electrons. The van der Waals surface area contributed by atoms with E-state index >= 15 is 0 Å². The number of aryl methyl sites for hydroxylation is 1. The Balaban J connectivity index is 0.000000280. The van der Waals surface area contributed by atoms with E-state index in [1.54, 1.807) is 37.4 Å². The number of carboxylic acid groups (broad SMARTS) is 1. The van der Waals surface area contributed by atoms with Gasteiger partial charge in [-0.05, 0) is 42.3 Å². The second kappa shape index (κ2) is 12.7. The third-order valence-electron chi connectivity index (χ3n) is 5.87. The summed E-state index contributed by atoms with van der Waals surface area (Å²) in [4.78, 5) is 54.1. The Labute approximate surface area is 233 Å². The van der Waals surface area contributed by atoms with E-state index in [1.165, 1.54) is 11.7 Å². The first kappa shape index (κ1) is 30.2. The van der Waals surface area contributed by atoms with Gasteiger partial charge in [-0.25, -0.2) is 19.4 Å². The van der Waals surface area contributed by atoms with Crippen LogP contribution < -0.4 is 16.8 Å². The lowest BCUT2D eigenvalue weighted by Crippen LogP contribution is -2.25. The molecule has 1 amide bonds. The fourth-order valence-corrected chi connectivity index (χ4v) is 3.68. The molecular formula is C27H29N7O7. The lowest BCUT2D eigenvalue weighted by Gasteiger charge is -2.06. The van der Waals surface area contributed by atoms with Crippen LogP contribution >= 0.6 is 0 Å². The first-order valence-electron chi connectivity index (χ1n) is 11.8. The van der Waals surface area contributed by atoms with Crippen molar-refractivity contribution in [1.29, 1.82) is 0 Å². The average molecular weight is 564 g/mol. The molecule has 0 fully saturated rings. The van der Waals surface area contributed by atoms with E-state index in [9.17, 15) is 24.3 Å². The molecule has 14 nitrogen and oxygen atoms in total. The number of oxazole rings is 1. The van der Waals surface area contributed by atoms with Gasteiger partial charge in [-0.3, -0.25) is 9.36 Å². The fraction of sp³-hybridized carbons (Fsp3) is 0.222. The molecule has 0 aliphatic carbocycles. The highest BCUT2D eigenvalue weighted by Crippen LogP contribution is 2.15. The predicted octanol–water partition coefficient (Wildman–Crippen LogP) is 2.33. The van der Waals surface area contributed by atoms with Crippen LogP contribution in [-0.2, 0) is 18.3 Å². The number of nitrogens with two attached hydrogens (primary N) is 1. The van der Waals surface area contributed by atoms with E-state index < -0.39 is 17.6 Å². The largest absolute Gasteiger partial charge is 0.477 e. The van der Waals surface area contributed by atoms with Crippen molar-refractivity contribution in [3.63, 3.8) is 0 Å². The van der Waals surface area contributed by atoms with Crippen LogP contribution in [0.4, 0.5) is 0 Å². The number of carbonyl (C=O) groups is 3. The lowest BCUT2D eigenvalue weighted by atomic mass is 10.1. The summed E-state index contributed by atoms with van der Waals surface area (Å²) in [5, 5.41) is 15.7. The monoisotopic (exact) mass is 563 g/mol. The summed E-state index contributed by atoms with van der Waals surface area (Å²) in [7, 11) is 2.95. The Morgan fingerprint density at radius 3 is 2.49 bits per heavy atom. The van der Waals surface area contributed by atoms with Crippen LogP contribution in [0, 0.1) is 0 Å². The molecule has 0 aliphatic heterocycles. The van der Waals surface area contributed by atoms with Gasteiger partial charge in [-0.1, -0.05) is 25.6 Å². The Hall–Kier alpha value is -5.37. The minimum Gasteiger partial charge on any atom is -0.477 e. The summed E-state index contributed by atoms with van der Waals surface area (Å²) in [5.41, 5.74) is 8.67. The minimum absolute atomic E-state index is 0. The standard InChI is InChI=1S/C16H12N6O5.C10H13NO2.CH4/c1-21-10-4-8(2-3-12(10)27-16(21)26)6-17-13(23)9-5-11(14(24)25)22-15(20-9)18-7-19-22;1-7(11)8-3-5-9(6-4-8)10(12)13-2;/h2-5,7H,6H2,1H3,(H,17,23)(H,24,25);3-7H,11H2,1-2H3;1H4/t;7-;/m.0./s1. The van der Waals surface area contributed by atoms with Gasteiger partial charge in [-0.2, -0.15) is 14.6 Å². The zero-order valence-electron chi connectivity index (χ0n) is 21.7. The number of aromatic nitrogens is 5. The molecule has 41 heavy (non-hydrogen) atoms. The molecule has 0 saturated carbocycles. The second-order valence-electron chi connectivity index (χ2n) is 8.62. The van der Waals surface area contributed by atoms with E-state index in [0.717, 1.165) is 28.0 Å². The number of nitrogens with zero attached hydrogens (tertiary/aromatic N) is 5. The van der Waals surface area contributed by atoms with E-state index in [0.29, 0.717) is 16.7 Å². The number of hydrogen-bond donors (Lipinski definition) is 3. The Morgan fingerprint density at radius 1 is 1.15 bits per heavy atom. The Morgan fingerprint density at radius 2 is 1.85 bits per heavy atom. The lowest BCUT2D eigenvalue weighted by molar-refractivity contribution is 0.0599. The van der Waals surface area contributed by atoms with Gasteiger partial charge in [0.2, 0.25) is 0 Å². The third kappa shape index (κ3) is 6.62. The molecule has 4 N–H and O–H groups in total. The van der Waals surface area contributed by atoms with Gasteiger partial charge >= 0.3 is 17.7 Å². The summed E-state index contributed by atoms with van der Waals surface area (Å²) in [6.07, 6.45) is 1.15. The molecule has 2 aromatic carbocycles. The number of hydrogen-bond acceptors (Lipinski definition) is 10. The molecule has 5 rings (SSSR count). The van der Waals surface area contributed by atoms with Crippen LogP contribution in [0.1, 0.15) is 62.9 Å². The zero-order chi connectivity index (χ0) is 29.0. The zero-order valence-corrected chi connectivity index (χ0v) is 21.7. The molecule has 5 aromatic rings. The Kier molecular flexibility index (Phi) is 9.31. The van der Waals surface area contributed by atoms with Crippen LogP contribution in [-0.4, -0.2) is 54.2 Å². The number of esters is 1. The number of ether oxygens (including phenoxy) is 1. The number of benzene rings is 2.